The number of nitrogens with one attached hydrogen (secondary N) is 1. The predicted octanol–water partition coefficient (Wildman–Crippen LogP) is 3.71. The lowest BCUT2D eigenvalue weighted by Gasteiger charge is -2.20. The highest BCUT2D eigenvalue weighted by Gasteiger charge is 2.33. The van der Waals surface area contributed by atoms with E-state index < -0.39 is 6.36 Å². The van der Waals surface area contributed by atoms with Crippen molar-refractivity contribution >= 4 is 12.2 Å². The summed E-state index contributed by atoms with van der Waals surface area (Å²) in [7, 11) is 1.83. The van der Waals surface area contributed by atoms with Crippen LogP contribution < -0.4 is 10.1 Å². The molecule has 0 radical (unpaired) electrons. The Kier molecular flexibility index (Phi) is 9.39. The van der Waals surface area contributed by atoms with Crippen LogP contribution in [0.3, 0.4) is 0 Å². The van der Waals surface area contributed by atoms with Crippen molar-refractivity contribution in [1.82, 2.24) is 20.1 Å². The number of rotatable bonds is 5. The molecule has 0 aromatic heterocycles. The SMILES string of the molecule is C=CN(C)/N=C\C.N#CN1CCC(NC(=O)N2CCC(c3cccc(OC(F)(F)F)c3)C2)C1. The molecule has 0 aliphatic carbocycles. The van der Waals surface area contributed by atoms with E-state index >= 15 is 0 Å². The fourth-order valence-electron chi connectivity index (χ4n) is 3.65. The number of hydrogen-bond acceptors (Lipinski definition) is 6. The first-order valence-corrected chi connectivity index (χ1v) is 10.5. The summed E-state index contributed by atoms with van der Waals surface area (Å²) in [5.41, 5.74) is 0.721. The maximum Gasteiger partial charge on any atom is 0.573 e. The Hall–Kier alpha value is -3.42. The Bertz CT molecular complexity index is 870. The van der Waals surface area contributed by atoms with E-state index in [1.165, 1.54) is 18.2 Å². The number of ether oxygens (including phenoxy) is 1. The first kappa shape index (κ1) is 25.8. The number of amides is 2. The molecule has 180 valence electrons. The molecule has 0 spiro atoms. The number of nitriles is 1. The number of halogens is 3. The monoisotopic (exact) mass is 466 g/mol. The minimum absolute atomic E-state index is 0.0308. The summed E-state index contributed by atoms with van der Waals surface area (Å²) in [5.74, 6) is -0.280. The van der Waals surface area contributed by atoms with Gasteiger partial charge < -0.3 is 19.9 Å². The van der Waals surface area contributed by atoms with Gasteiger partial charge >= 0.3 is 12.4 Å². The fraction of sp³-hybridized carbons (Fsp3) is 0.500. The average molecular weight is 467 g/mol. The lowest BCUT2D eigenvalue weighted by atomic mass is 9.98. The van der Waals surface area contributed by atoms with Gasteiger partial charge in [-0.3, -0.25) is 5.01 Å². The smallest absolute Gasteiger partial charge is 0.406 e. The van der Waals surface area contributed by atoms with Crippen molar-refractivity contribution in [1.29, 1.82) is 5.26 Å². The zero-order valence-electron chi connectivity index (χ0n) is 18.8. The van der Waals surface area contributed by atoms with Crippen LogP contribution in [-0.4, -0.2) is 72.7 Å². The van der Waals surface area contributed by atoms with E-state index in [9.17, 15) is 18.0 Å². The molecule has 2 amide bonds. The third-order valence-electron chi connectivity index (χ3n) is 5.26. The van der Waals surface area contributed by atoms with Crippen LogP contribution in [0.5, 0.6) is 5.75 Å². The molecule has 2 aliphatic heterocycles. The van der Waals surface area contributed by atoms with Crippen LogP contribution in [0.4, 0.5) is 18.0 Å². The lowest BCUT2D eigenvalue weighted by molar-refractivity contribution is -0.274. The number of benzene rings is 1. The highest BCUT2D eigenvalue weighted by atomic mass is 19.4. The Morgan fingerprint density at radius 1 is 1.36 bits per heavy atom. The van der Waals surface area contributed by atoms with Crippen molar-refractivity contribution in [3.8, 4) is 11.9 Å². The molecular weight excluding hydrogens is 437 g/mol. The molecular formula is C22H29F3N6O2. The summed E-state index contributed by atoms with van der Waals surface area (Å²) in [5, 5.41) is 17.2. The molecule has 11 heteroatoms. The van der Waals surface area contributed by atoms with E-state index in [-0.39, 0.29) is 23.7 Å². The summed E-state index contributed by atoms with van der Waals surface area (Å²) in [6.45, 7) is 7.48. The fourth-order valence-corrected chi connectivity index (χ4v) is 3.65. The van der Waals surface area contributed by atoms with E-state index in [4.69, 9.17) is 5.26 Å². The third kappa shape index (κ3) is 8.56. The number of nitrogens with zero attached hydrogens (tertiary/aromatic N) is 5. The van der Waals surface area contributed by atoms with Crippen molar-refractivity contribution in [2.45, 2.75) is 38.1 Å². The molecule has 2 aliphatic rings. The maximum absolute atomic E-state index is 12.4. The van der Waals surface area contributed by atoms with E-state index in [2.05, 4.69) is 27.9 Å². The Morgan fingerprint density at radius 2 is 2.12 bits per heavy atom. The standard InChI is InChI=1S/C17H19F3N4O2.C5H10N2/c18-17(19,20)26-15-3-1-2-12(8-15)13-4-7-24(9-13)16(25)22-14-5-6-23(10-14)11-21;1-4-6-7(3)5-2/h1-3,8,13-14H,4-7,9-10H2,(H,22,25);4-5H,2H2,1,3H3/b;6-4-. The number of alkyl halides is 3. The number of likely N-dealkylation sites (tertiary alicyclic amines) is 2. The summed E-state index contributed by atoms with van der Waals surface area (Å²) in [6, 6.07) is 5.66. The van der Waals surface area contributed by atoms with Gasteiger partial charge in [0, 0.05) is 51.6 Å². The normalized spacial score (nSPS) is 20.1. The largest absolute Gasteiger partial charge is 0.573 e. The van der Waals surface area contributed by atoms with Gasteiger partial charge in [-0.05, 0) is 37.5 Å². The van der Waals surface area contributed by atoms with Crippen LogP contribution in [0, 0.1) is 11.5 Å². The van der Waals surface area contributed by atoms with Crippen molar-refractivity contribution in [2.75, 3.05) is 33.2 Å². The zero-order chi connectivity index (χ0) is 24.4. The summed E-state index contributed by atoms with van der Waals surface area (Å²) >= 11 is 0. The minimum Gasteiger partial charge on any atom is -0.406 e. The van der Waals surface area contributed by atoms with Gasteiger partial charge in [0.15, 0.2) is 6.19 Å². The number of hydrazone groups is 1. The van der Waals surface area contributed by atoms with Gasteiger partial charge in [0.25, 0.3) is 0 Å². The summed E-state index contributed by atoms with van der Waals surface area (Å²) in [6.07, 6.45) is 2.10. The van der Waals surface area contributed by atoms with Gasteiger partial charge in [-0.1, -0.05) is 18.7 Å². The number of urea groups is 1. The first-order valence-electron chi connectivity index (χ1n) is 10.5. The summed E-state index contributed by atoms with van der Waals surface area (Å²) in [4.78, 5) is 15.6. The molecule has 1 N–H and O–H groups in total. The second-order valence-corrected chi connectivity index (χ2v) is 7.66. The predicted molar refractivity (Wildman–Crippen MR) is 118 cm³/mol. The van der Waals surface area contributed by atoms with Crippen LogP contribution in [0.2, 0.25) is 0 Å². The van der Waals surface area contributed by atoms with Crippen LogP contribution in [0.1, 0.15) is 31.2 Å². The van der Waals surface area contributed by atoms with Crippen molar-refractivity contribution in [2.24, 2.45) is 5.10 Å². The first-order chi connectivity index (χ1) is 15.6. The molecule has 0 bridgehead atoms. The van der Waals surface area contributed by atoms with E-state index in [0.717, 1.165) is 12.0 Å². The number of carbonyl (C=O) groups is 1. The maximum atomic E-state index is 12.4. The van der Waals surface area contributed by atoms with Gasteiger partial charge in [-0.25, -0.2) is 4.79 Å². The van der Waals surface area contributed by atoms with Crippen LogP contribution >= 0.6 is 0 Å². The zero-order valence-corrected chi connectivity index (χ0v) is 18.8. The molecule has 2 atom stereocenters. The second kappa shape index (κ2) is 12.0. The highest BCUT2D eigenvalue weighted by molar-refractivity contribution is 5.75. The van der Waals surface area contributed by atoms with Crippen molar-refractivity contribution < 1.29 is 22.7 Å². The summed E-state index contributed by atoms with van der Waals surface area (Å²) < 4.78 is 41.0. The van der Waals surface area contributed by atoms with E-state index in [1.54, 1.807) is 33.3 Å². The van der Waals surface area contributed by atoms with Crippen molar-refractivity contribution in [3.05, 3.63) is 42.6 Å². The number of carbonyl (C=O) groups excluding carboxylic acids is 1. The quantitative estimate of drug-likeness (QED) is 0.406. The molecule has 2 saturated heterocycles. The molecule has 0 saturated carbocycles. The van der Waals surface area contributed by atoms with Gasteiger partial charge in [0.05, 0.1) is 6.04 Å². The molecule has 3 rings (SSSR count). The van der Waals surface area contributed by atoms with Gasteiger partial charge in [0.2, 0.25) is 0 Å². The third-order valence-corrected chi connectivity index (χ3v) is 5.26. The van der Waals surface area contributed by atoms with E-state index in [0.29, 0.717) is 32.6 Å². The van der Waals surface area contributed by atoms with Gasteiger partial charge in [0.1, 0.15) is 5.75 Å². The van der Waals surface area contributed by atoms with Crippen LogP contribution in [0.15, 0.2) is 42.1 Å². The van der Waals surface area contributed by atoms with Gasteiger partial charge in [-0.15, -0.1) is 13.2 Å². The average Bonchev–Trinajstić information content (AvgIpc) is 3.43. The molecule has 2 heterocycles. The highest BCUT2D eigenvalue weighted by Crippen LogP contribution is 2.31. The minimum atomic E-state index is -4.72. The van der Waals surface area contributed by atoms with Crippen LogP contribution in [-0.2, 0) is 0 Å². The van der Waals surface area contributed by atoms with Crippen LogP contribution in [0.25, 0.3) is 0 Å². The molecule has 33 heavy (non-hydrogen) atoms. The van der Waals surface area contributed by atoms with E-state index in [1.807, 2.05) is 14.0 Å². The van der Waals surface area contributed by atoms with Gasteiger partial charge in [-0.2, -0.15) is 10.4 Å². The lowest BCUT2D eigenvalue weighted by Crippen LogP contribution is -2.44. The number of hydrogen-bond donors (Lipinski definition) is 1. The second-order valence-electron chi connectivity index (χ2n) is 7.66. The Balaban J connectivity index is 0.000000479. The molecule has 2 unspecified atom stereocenters. The molecule has 8 nitrogen and oxygen atoms in total. The molecule has 1 aromatic rings. The molecule has 2 fully saturated rings. The van der Waals surface area contributed by atoms with Crippen molar-refractivity contribution in [3.63, 3.8) is 0 Å². The molecule has 1 aromatic carbocycles. The topological polar surface area (TPSA) is 84.2 Å². The Morgan fingerprint density at radius 3 is 2.70 bits per heavy atom. The Labute approximate surface area is 191 Å².